The maximum atomic E-state index is 6.27. The Hall–Kier alpha value is 1.00. The van der Waals surface area contributed by atoms with E-state index in [9.17, 15) is 0 Å². The van der Waals surface area contributed by atoms with Crippen molar-refractivity contribution >= 4 is 35.2 Å². The minimum absolute atomic E-state index is 0.0303. The molecule has 2 nitrogen and oxygen atoms in total. The Bertz CT molecular complexity index is 386. The number of alkyl halides is 1. The van der Waals surface area contributed by atoms with E-state index in [0.29, 0.717) is 13.2 Å². The van der Waals surface area contributed by atoms with Gasteiger partial charge < -0.3 is 9.47 Å². The van der Waals surface area contributed by atoms with Gasteiger partial charge in [-0.25, -0.2) is 0 Å². The van der Waals surface area contributed by atoms with Gasteiger partial charge in [-0.2, -0.15) is 12.6 Å². The number of halogens is 1. The van der Waals surface area contributed by atoms with Gasteiger partial charge in [0.1, 0.15) is 0 Å². The molecule has 2 atom stereocenters. The number of rotatable bonds is 0. The highest BCUT2D eigenvalue weighted by atomic mass is 127. The Morgan fingerprint density at radius 2 is 1.15 bits per heavy atom. The first kappa shape index (κ1) is 17.4. The maximum Gasteiger partial charge on any atom is 0.189 e. The van der Waals surface area contributed by atoms with E-state index in [2.05, 4.69) is 78.0 Å². The Balaban J connectivity index is 2.78. The zero-order valence-electron chi connectivity index (χ0n) is 14.1. The summed E-state index contributed by atoms with van der Waals surface area (Å²) in [6.07, 6.45) is 0. The molecule has 1 saturated heterocycles. The molecule has 0 amide bonds. The second kappa shape index (κ2) is 4.30. The topological polar surface area (TPSA) is 18.5 Å². The van der Waals surface area contributed by atoms with E-state index >= 15 is 0 Å². The molecule has 20 heavy (non-hydrogen) atoms. The molecule has 1 spiro atoms. The average molecular weight is 412 g/mol. The summed E-state index contributed by atoms with van der Waals surface area (Å²) in [5, 5.41) is 0. The second-order valence-corrected chi connectivity index (χ2v) is 11.3. The molecule has 0 aromatic carbocycles. The number of thiol groups is 1. The van der Waals surface area contributed by atoms with Crippen molar-refractivity contribution < 1.29 is 9.47 Å². The van der Waals surface area contributed by atoms with Gasteiger partial charge in [0.05, 0.1) is 18.0 Å². The van der Waals surface area contributed by atoms with Crippen LogP contribution in [0.2, 0.25) is 0 Å². The zero-order chi connectivity index (χ0) is 15.8. The van der Waals surface area contributed by atoms with Crippen LogP contribution in [0, 0.1) is 16.2 Å². The highest BCUT2D eigenvalue weighted by Crippen LogP contribution is 2.74. The summed E-state index contributed by atoms with van der Waals surface area (Å²) >= 11 is 7.71. The quantitative estimate of drug-likeness (QED) is 0.353. The minimum atomic E-state index is -0.655. The van der Waals surface area contributed by atoms with Gasteiger partial charge >= 0.3 is 0 Å². The molecule has 0 aromatic heterocycles. The van der Waals surface area contributed by atoms with Crippen molar-refractivity contribution in [2.75, 3.05) is 13.2 Å². The van der Waals surface area contributed by atoms with Crippen molar-refractivity contribution in [1.82, 2.24) is 0 Å². The summed E-state index contributed by atoms with van der Waals surface area (Å²) in [5.41, 5.74) is -0.0508. The first-order valence-electron chi connectivity index (χ1n) is 7.40. The molecule has 2 unspecified atom stereocenters. The number of hydrogen-bond acceptors (Lipinski definition) is 3. The molecule has 2 rings (SSSR count). The molecule has 118 valence electrons. The number of ether oxygens (including phenoxy) is 2. The number of hydrogen-bond donors (Lipinski definition) is 1. The monoisotopic (exact) mass is 412 g/mol. The summed E-state index contributed by atoms with van der Waals surface area (Å²) in [6.45, 7) is 19.8. The van der Waals surface area contributed by atoms with Crippen LogP contribution >= 0.6 is 35.2 Å². The summed E-state index contributed by atoms with van der Waals surface area (Å²) < 4.78 is 12.1. The van der Waals surface area contributed by atoms with Gasteiger partial charge in [0.15, 0.2) is 5.79 Å². The van der Waals surface area contributed by atoms with E-state index in [4.69, 9.17) is 22.1 Å². The summed E-state index contributed by atoms with van der Waals surface area (Å²) in [5.74, 6) is -0.655. The van der Waals surface area contributed by atoms with Crippen molar-refractivity contribution in [3.63, 3.8) is 0 Å². The van der Waals surface area contributed by atoms with Crippen molar-refractivity contribution in [2.45, 2.75) is 69.3 Å². The van der Waals surface area contributed by atoms with E-state index in [1.165, 1.54) is 0 Å². The molecule has 1 heterocycles. The molecule has 0 radical (unpaired) electrons. The first-order chi connectivity index (χ1) is 8.71. The first-order valence-corrected chi connectivity index (χ1v) is 8.92. The van der Waals surface area contributed by atoms with Crippen LogP contribution in [0.25, 0.3) is 0 Å². The van der Waals surface area contributed by atoms with Crippen LogP contribution in [0.5, 0.6) is 0 Å². The van der Waals surface area contributed by atoms with Crippen LogP contribution in [-0.2, 0) is 9.47 Å². The van der Waals surface area contributed by atoms with Crippen LogP contribution in [0.1, 0.15) is 55.4 Å². The van der Waals surface area contributed by atoms with Crippen molar-refractivity contribution in [3.05, 3.63) is 0 Å². The largest absolute Gasteiger partial charge is 0.346 e. The fraction of sp³-hybridized carbons (Fsp3) is 1.00. The molecule has 4 heteroatoms. The normalized spacial score (nSPS) is 44.7. The van der Waals surface area contributed by atoms with E-state index in [1.807, 2.05) is 0 Å². The van der Waals surface area contributed by atoms with Gasteiger partial charge in [-0.15, -0.1) is 0 Å². The predicted molar refractivity (Wildman–Crippen MR) is 95.8 cm³/mol. The lowest BCUT2D eigenvalue weighted by Crippen LogP contribution is -2.80. The Morgan fingerprint density at radius 1 is 0.750 bits per heavy atom. The third kappa shape index (κ3) is 1.50. The third-order valence-corrected chi connectivity index (χ3v) is 11.0. The lowest BCUT2D eigenvalue weighted by Gasteiger charge is -2.73. The Morgan fingerprint density at radius 3 is 1.55 bits per heavy atom. The third-order valence-electron chi connectivity index (χ3n) is 7.37. The van der Waals surface area contributed by atoms with E-state index in [-0.39, 0.29) is 24.4 Å². The van der Waals surface area contributed by atoms with Crippen molar-refractivity contribution in [3.8, 4) is 0 Å². The lowest BCUT2D eigenvalue weighted by atomic mass is 9.41. The van der Waals surface area contributed by atoms with Crippen LogP contribution in [-0.4, -0.2) is 27.2 Å². The Kier molecular flexibility index (Phi) is 3.73. The Labute approximate surface area is 143 Å². The molecule has 0 N–H and O–H groups in total. The SMILES string of the molecule is CC1(C)C(C)(C)C(C)(I)C(C)(S)C2(OCCO2)C1(C)C. The molecule has 1 aliphatic carbocycles. The second-order valence-electron chi connectivity index (χ2n) is 8.26. The van der Waals surface area contributed by atoms with E-state index in [0.717, 1.165) is 0 Å². The summed E-state index contributed by atoms with van der Waals surface area (Å²) in [7, 11) is 0. The zero-order valence-corrected chi connectivity index (χ0v) is 17.1. The highest BCUT2D eigenvalue weighted by molar-refractivity contribution is 14.1. The van der Waals surface area contributed by atoms with Gasteiger partial charge in [-0.3, -0.25) is 0 Å². The van der Waals surface area contributed by atoms with Gasteiger partial charge in [0.25, 0.3) is 0 Å². The summed E-state index contributed by atoms with van der Waals surface area (Å²) in [6, 6.07) is 0. The van der Waals surface area contributed by atoms with Crippen LogP contribution < -0.4 is 0 Å². The highest BCUT2D eigenvalue weighted by Gasteiger charge is 2.79. The van der Waals surface area contributed by atoms with Crippen LogP contribution in [0.15, 0.2) is 0 Å². The fourth-order valence-electron chi connectivity index (χ4n) is 4.36. The predicted octanol–water partition coefficient (Wildman–Crippen LogP) is 4.70. The molecular formula is C16H29IO2S. The van der Waals surface area contributed by atoms with Crippen LogP contribution in [0.3, 0.4) is 0 Å². The van der Waals surface area contributed by atoms with Crippen LogP contribution in [0.4, 0.5) is 0 Å². The smallest absolute Gasteiger partial charge is 0.189 e. The summed E-state index contributed by atoms with van der Waals surface area (Å²) in [4.78, 5) is 0. The molecule has 2 fully saturated rings. The molecule has 1 aliphatic heterocycles. The van der Waals surface area contributed by atoms with Crippen molar-refractivity contribution in [1.29, 1.82) is 0 Å². The maximum absolute atomic E-state index is 6.27. The molecule has 1 saturated carbocycles. The standard InChI is InChI=1S/C16H29IO2S/c1-11(2)12(3,4)14(7,17)15(8,20)16(13(11,5)6)18-9-10-19-16/h20H,9-10H2,1-8H3. The fourth-order valence-corrected chi connectivity index (χ4v) is 6.08. The van der Waals surface area contributed by atoms with Gasteiger partial charge in [-0.05, 0) is 24.7 Å². The van der Waals surface area contributed by atoms with Gasteiger partial charge in [0.2, 0.25) is 0 Å². The molecular weight excluding hydrogens is 383 g/mol. The molecule has 0 aromatic rings. The van der Waals surface area contributed by atoms with E-state index < -0.39 is 5.79 Å². The lowest BCUT2D eigenvalue weighted by molar-refractivity contribution is -0.323. The van der Waals surface area contributed by atoms with E-state index in [1.54, 1.807) is 0 Å². The molecule has 0 bridgehead atoms. The van der Waals surface area contributed by atoms with Crippen molar-refractivity contribution in [2.24, 2.45) is 16.2 Å². The minimum Gasteiger partial charge on any atom is -0.346 e. The van der Waals surface area contributed by atoms with Gasteiger partial charge in [-0.1, -0.05) is 64.1 Å². The average Bonchev–Trinajstić information content (AvgIpc) is 2.77. The van der Waals surface area contributed by atoms with Gasteiger partial charge in [0, 0.05) is 8.84 Å². The molecule has 2 aliphatic rings.